The van der Waals surface area contributed by atoms with Crippen LogP contribution in [0.4, 0.5) is 5.69 Å². The zero-order valence-corrected chi connectivity index (χ0v) is 14.3. The van der Waals surface area contributed by atoms with Crippen LogP contribution in [-0.4, -0.2) is 27.4 Å². The van der Waals surface area contributed by atoms with Gasteiger partial charge in [0.1, 0.15) is 0 Å². The molecule has 1 fully saturated rings. The van der Waals surface area contributed by atoms with Crippen LogP contribution in [0.2, 0.25) is 0 Å². The number of hydrogen-bond donors (Lipinski definition) is 1. The molecule has 5 nitrogen and oxygen atoms in total. The van der Waals surface area contributed by atoms with E-state index in [4.69, 9.17) is 0 Å². The highest BCUT2D eigenvalue weighted by atomic mass is 32.2. The van der Waals surface area contributed by atoms with E-state index in [1.807, 2.05) is 0 Å². The molecule has 0 saturated heterocycles. The Morgan fingerprint density at radius 3 is 2.29 bits per heavy atom. The lowest BCUT2D eigenvalue weighted by molar-refractivity contribution is -0.120. The highest BCUT2D eigenvalue weighted by Crippen LogP contribution is 2.23. The molecule has 24 heavy (non-hydrogen) atoms. The second kappa shape index (κ2) is 6.65. The highest BCUT2D eigenvalue weighted by molar-refractivity contribution is 7.92. The molecule has 0 unspecified atom stereocenters. The number of rotatable bonds is 6. The maximum absolute atomic E-state index is 12.6. The largest absolute Gasteiger partial charge is 0.353 e. The first-order valence-electron chi connectivity index (χ1n) is 7.89. The Morgan fingerprint density at radius 2 is 1.71 bits per heavy atom. The number of anilines is 1. The summed E-state index contributed by atoms with van der Waals surface area (Å²) in [4.78, 5) is 12.1. The fourth-order valence-corrected chi connectivity index (χ4v) is 3.62. The average molecular weight is 344 g/mol. The quantitative estimate of drug-likeness (QED) is 0.875. The molecule has 0 radical (unpaired) electrons. The Morgan fingerprint density at radius 1 is 1.08 bits per heavy atom. The summed E-state index contributed by atoms with van der Waals surface area (Å²) in [7, 11) is -2.06. The molecule has 1 amide bonds. The van der Waals surface area contributed by atoms with Gasteiger partial charge in [-0.1, -0.05) is 30.3 Å². The van der Waals surface area contributed by atoms with Gasteiger partial charge in [0.2, 0.25) is 5.91 Å². The molecule has 0 atom stereocenters. The van der Waals surface area contributed by atoms with Gasteiger partial charge in [-0.2, -0.15) is 0 Å². The van der Waals surface area contributed by atoms with Gasteiger partial charge in [0, 0.05) is 13.1 Å². The third kappa shape index (κ3) is 3.76. The fraction of sp³-hybridized carbons (Fsp3) is 0.278. The molecule has 2 aromatic carbocycles. The van der Waals surface area contributed by atoms with Gasteiger partial charge >= 0.3 is 0 Å². The lowest BCUT2D eigenvalue weighted by Crippen LogP contribution is -2.27. The second-order valence-corrected chi connectivity index (χ2v) is 7.94. The Bertz CT molecular complexity index is 813. The van der Waals surface area contributed by atoms with Crippen LogP contribution >= 0.6 is 0 Å². The van der Waals surface area contributed by atoms with Crippen LogP contribution in [0.15, 0.2) is 59.5 Å². The van der Waals surface area contributed by atoms with Crippen molar-refractivity contribution < 1.29 is 13.2 Å². The van der Waals surface area contributed by atoms with Gasteiger partial charge in [0.05, 0.1) is 17.0 Å². The van der Waals surface area contributed by atoms with Gasteiger partial charge in [-0.3, -0.25) is 9.10 Å². The molecule has 0 aromatic heterocycles. The fourth-order valence-electron chi connectivity index (χ4n) is 2.40. The van der Waals surface area contributed by atoms with Crippen molar-refractivity contribution in [1.82, 2.24) is 5.32 Å². The predicted octanol–water partition coefficient (Wildman–Crippen LogP) is 2.33. The zero-order chi connectivity index (χ0) is 17.2. The SMILES string of the molecule is CN(c1ccc(CC(=O)NC2CC2)cc1)S(=O)(=O)c1ccccc1. The van der Waals surface area contributed by atoms with Crippen LogP contribution in [0.3, 0.4) is 0 Å². The van der Waals surface area contributed by atoms with Crippen molar-refractivity contribution in [3.8, 4) is 0 Å². The van der Waals surface area contributed by atoms with Crippen molar-refractivity contribution in [1.29, 1.82) is 0 Å². The summed E-state index contributed by atoms with van der Waals surface area (Å²) in [5, 5.41) is 2.94. The number of nitrogens with zero attached hydrogens (tertiary/aromatic N) is 1. The lowest BCUT2D eigenvalue weighted by atomic mass is 10.1. The molecule has 0 spiro atoms. The Labute approximate surface area is 142 Å². The van der Waals surface area contributed by atoms with Gasteiger partial charge in [-0.25, -0.2) is 8.42 Å². The normalized spacial score (nSPS) is 14.2. The van der Waals surface area contributed by atoms with Crippen molar-refractivity contribution in [2.75, 3.05) is 11.4 Å². The van der Waals surface area contributed by atoms with E-state index in [9.17, 15) is 13.2 Å². The summed E-state index contributed by atoms with van der Waals surface area (Å²) in [5.74, 6) is 0.00973. The number of sulfonamides is 1. The number of carbonyl (C=O) groups is 1. The van der Waals surface area contributed by atoms with E-state index < -0.39 is 10.0 Å². The van der Waals surface area contributed by atoms with Gasteiger partial charge in [0.25, 0.3) is 10.0 Å². The maximum atomic E-state index is 12.6. The smallest absolute Gasteiger partial charge is 0.264 e. The summed E-state index contributed by atoms with van der Waals surface area (Å²) in [6.07, 6.45) is 2.44. The summed E-state index contributed by atoms with van der Waals surface area (Å²) in [6, 6.07) is 15.7. The van der Waals surface area contributed by atoms with Gasteiger partial charge in [-0.05, 0) is 42.7 Å². The van der Waals surface area contributed by atoms with E-state index in [1.165, 1.54) is 11.4 Å². The van der Waals surface area contributed by atoms with Crippen molar-refractivity contribution >= 4 is 21.6 Å². The molecule has 2 aromatic rings. The Balaban J connectivity index is 1.71. The van der Waals surface area contributed by atoms with E-state index >= 15 is 0 Å². The van der Waals surface area contributed by atoms with E-state index in [0.717, 1.165) is 18.4 Å². The molecule has 0 bridgehead atoms. The van der Waals surface area contributed by atoms with Crippen LogP contribution < -0.4 is 9.62 Å². The third-order valence-electron chi connectivity index (χ3n) is 4.01. The maximum Gasteiger partial charge on any atom is 0.264 e. The summed E-state index contributed by atoms with van der Waals surface area (Å²) < 4.78 is 26.4. The van der Waals surface area contributed by atoms with E-state index in [-0.39, 0.29) is 10.8 Å². The number of nitrogens with one attached hydrogen (secondary N) is 1. The van der Waals surface area contributed by atoms with E-state index in [1.54, 1.807) is 54.6 Å². The molecule has 3 rings (SSSR count). The standard InChI is InChI=1S/C18H20N2O3S/c1-20(24(22,23)17-5-3-2-4-6-17)16-11-7-14(8-12-16)13-18(21)19-15-9-10-15/h2-8,11-12,15H,9-10,13H2,1H3,(H,19,21). The average Bonchev–Trinajstić information content (AvgIpc) is 3.39. The van der Waals surface area contributed by atoms with Crippen LogP contribution in [-0.2, 0) is 21.2 Å². The topological polar surface area (TPSA) is 66.5 Å². The first-order valence-corrected chi connectivity index (χ1v) is 9.33. The predicted molar refractivity (Wildman–Crippen MR) is 93.3 cm³/mol. The molecule has 1 N–H and O–H groups in total. The minimum absolute atomic E-state index is 0.00973. The molecular weight excluding hydrogens is 324 g/mol. The molecule has 0 heterocycles. The molecule has 126 valence electrons. The molecule has 0 aliphatic heterocycles. The monoisotopic (exact) mass is 344 g/mol. The Kier molecular flexibility index (Phi) is 4.57. The minimum atomic E-state index is -3.58. The highest BCUT2D eigenvalue weighted by Gasteiger charge is 2.23. The number of amides is 1. The summed E-state index contributed by atoms with van der Waals surface area (Å²) in [6.45, 7) is 0. The van der Waals surface area contributed by atoms with Crippen molar-refractivity contribution in [2.24, 2.45) is 0 Å². The molecule has 1 aliphatic rings. The van der Waals surface area contributed by atoms with Gasteiger partial charge < -0.3 is 5.32 Å². The van der Waals surface area contributed by atoms with Crippen molar-refractivity contribution in [3.63, 3.8) is 0 Å². The van der Waals surface area contributed by atoms with E-state index in [0.29, 0.717) is 18.2 Å². The molecule has 6 heteroatoms. The first kappa shape index (κ1) is 16.5. The summed E-state index contributed by atoms with van der Waals surface area (Å²) >= 11 is 0. The molecule has 1 saturated carbocycles. The van der Waals surface area contributed by atoms with Crippen LogP contribution in [0.5, 0.6) is 0 Å². The van der Waals surface area contributed by atoms with Crippen LogP contribution in [0.25, 0.3) is 0 Å². The lowest BCUT2D eigenvalue weighted by Gasteiger charge is -2.19. The minimum Gasteiger partial charge on any atom is -0.353 e. The van der Waals surface area contributed by atoms with Crippen LogP contribution in [0, 0.1) is 0 Å². The molecular formula is C18H20N2O3S. The zero-order valence-electron chi connectivity index (χ0n) is 13.5. The van der Waals surface area contributed by atoms with Crippen LogP contribution in [0.1, 0.15) is 18.4 Å². The van der Waals surface area contributed by atoms with Gasteiger partial charge in [-0.15, -0.1) is 0 Å². The third-order valence-corrected chi connectivity index (χ3v) is 5.81. The number of carbonyl (C=O) groups excluding carboxylic acids is 1. The Hall–Kier alpha value is -2.34. The van der Waals surface area contributed by atoms with Crippen molar-refractivity contribution in [3.05, 3.63) is 60.2 Å². The second-order valence-electron chi connectivity index (χ2n) is 5.97. The molecule has 1 aliphatic carbocycles. The first-order chi connectivity index (χ1) is 11.5. The van der Waals surface area contributed by atoms with Gasteiger partial charge in [0.15, 0.2) is 0 Å². The van der Waals surface area contributed by atoms with E-state index in [2.05, 4.69) is 5.32 Å². The number of benzene rings is 2. The summed E-state index contributed by atoms with van der Waals surface area (Å²) in [5.41, 5.74) is 1.42. The number of hydrogen-bond acceptors (Lipinski definition) is 3. The van der Waals surface area contributed by atoms with Crippen molar-refractivity contribution in [2.45, 2.75) is 30.2 Å².